The Bertz CT molecular complexity index is 390. The van der Waals surface area contributed by atoms with E-state index in [1.807, 2.05) is 25.1 Å². The monoisotopic (exact) mass is 206 g/mol. The van der Waals surface area contributed by atoms with Crippen molar-refractivity contribution in [1.82, 2.24) is 0 Å². The molecule has 0 radical (unpaired) electrons. The van der Waals surface area contributed by atoms with Crippen LogP contribution in [0.4, 0.5) is 5.69 Å². The van der Waals surface area contributed by atoms with Crippen molar-refractivity contribution in [3.05, 3.63) is 23.8 Å². The van der Waals surface area contributed by atoms with Crippen molar-refractivity contribution in [2.45, 2.75) is 12.8 Å². The number of hydrogen-bond donors (Lipinski definition) is 2. The first-order valence-electron chi connectivity index (χ1n) is 4.97. The number of carbonyl (C=O) groups is 1. The van der Waals surface area contributed by atoms with Crippen LogP contribution in [0.25, 0.3) is 0 Å². The van der Waals surface area contributed by atoms with Gasteiger partial charge in [-0.25, -0.2) is 0 Å². The molecule has 0 aromatic heterocycles. The van der Waals surface area contributed by atoms with Crippen LogP contribution in [0, 0.1) is 0 Å². The average molecular weight is 206 g/mol. The molecule has 2 rings (SSSR count). The molecule has 4 heteroatoms. The summed E-state index contributed by atoms with van der Waals surface area (Å²) in [6, 6.07) is 5.77. The van der Waals surface area contributed by atoms with E-state index in [-0.39, 0.29) is 18.4 Å². The van der Waals surface area contributed by atoms with Gasteiger partial charge in [0.1, 0.15) is 5.75 Å². The lowest BCUT2D eigenvalue weighted by atomic mass is 10.0. The molecule has 1 aliphatic rings. The van der Waals surface area contributed by atoms with Crippen LogP contribution in [0.15, 0.2) is 18.2 Å². The third kappa shape index (κ3) is 1.94. The van der Waals surface area contributed by atoms with Gasteiger partial charge in [-0.1, -0.05) is 13.0 Å². The molecule has 0 fully saturated rings. The van der Waals surface area contributed by atoms with Crippen molar-refractivity contribution in [2.24, 2.45) is 5.73 Å². The molecule has 0 bridgehead atoms. The van der Waals surface area contributed by atoms with Crippen LogP contribution < -0.4 is 15.8 Å². The van der Waals surface area contributed by atoms with Gasteiger partial charge >= 0.3 is 0 Å². The van der Waals surface area contributed by atoms with E-state index in [9.17, 15) is 4.79 Å². The second-order valence-corrected chi connectivity index (χ2v) is 3.73. The van der Waals surface area contributed by atoms with Crippen LogP contribution in [-0.4, -0.2) is 19.1 Å². The molecule has 80 valence electrons. The van der Waals surface area contributed by atoms with Gasteiger partial charge in [0.25, 0.3) is 5.91 Å². The van der Waals surface area contributed by atoms with Crippen LogP contribution in [0.1, 0.15) is 18.4 Å². The van der Waals surface area contributed by atoms with Gasteiger partial charge in [0.2, 0.25) is 0 Å². The fourth-order valence-corrected chi connectivity index (χ4v) is 1.54. The zero-order valence-electron chi connectivity index (χ0n) is 8.62. The molecule has 1 atom stereocenters. The Morgan fingerprint density at radius 1 is 1.60 bits per heavy atom. The highest BCUT2D eigenvalue weighted by Gasteiger charge is 2.16. The summed E-state index contributed by atoms with van der Waals surface area (Å²) in [6.07, 6.45) is 0. The van der Waals surface area contributed by atoms with Crippen LogP contribution in [0.2, 0.25) is 0 Å². The first-order chi connectivity index (χ1) is 7.20. The maximum absolute atomic E-state index is 11.1. The number of benzene rings is 1. The second kappa shape index (κ2) is 3.90. The minimum Gasteiger partial charge on any atom is -0.482 e. The lowest BCUT2D eigenvalue weighted by Gasteiger charge is -2.19. The molecule has 0 aliphatic carbocycles. The molecule has 1 amide bonds. The Balaban J connectivity index is 2.32. The Morgan fingerprint density at radius 3 is 3.13 bits per heavy atom. The first kappa shape index (κ1) is 9.98. The maximum Gasteiger partial charge on any atom is 0.262 e. The summed E-state index contributed by atoms with van der Waals surface area (Å²) in [6.45, 7) is 2.74. The van der Waals surface area contributed by atoms with E-state index < -0.39 is 0 Å². The highest BCUT2D eigenvalue weighted by Crippen LogP contribution is 2.30. The van der Waals surface area contributed by atoms with Crippen LogP contribution >= 0.6 is 0 Å². The van der Waals surface area contributed by atoms with Gasteiger partial charge in [-0.2, -0.15) is 0 Å². The average Bonchev–Trinajstić information content (AvgIpc) is 2.27. The molecule has 1 heterocycles. The Morgan fingerprint density at radius 2 is 2.40 bits per heavy atom. The van der Waals surface area contributed by atoms with E-state index in [0.29, 0.717) is 6.54 Å². The Hall–Kier alpha value is -1.55. The summed E-state index contributed by atoms with van der Waals surface area (Å²) in [5.74, 6) is 0.900. The second-order valence-electron chi connectivity index (χ2n) is 3.73. The van der Waals surface area contributed by atoms with Crippen LogP contribution in [0.5, 0.6) is 5.75 Å². The first-order valence-corrected chi connectivity index (χ1v) is 4.97. The number of hydrogen-bond acceptors (Lipinski definition) is 3. The topological polar surface area (TPSA) is 64.3 Å². The highest BCUT2D eigenvalue weighted by molar-refractivity contribution is 5.95. The number of nitrogens with two attached hydrogens (primary N) is 1. The largest absolute Gasteiger partial charge is 0.482 e. The van der Waals surface area contributed by atoms with Crippen molar-refractivity contribution in [2.75, 3.05) is 18.5 Å². The molecular formula is C11H14N2O2. The zero-order valence-corrected chi connectivity index (χ0v) is 8.62. The summed E-state index contributed by atoms with van der Waals surface area (Å²) >= 11 is 0. The number of rotatable bonds is 2. The summed E-state index contributed by atoms with van der Waals surface area (Å²) in [4.78, 5) is 11.1. The predicted octanol–water partition coefficient (Wildman–Crippen LogP) is 1.08. The van der Waals surface area contributed by atoms with Gasteiger partial charge in [-0.3, -0.25) is 4.79 Å². The minimum absolute atomic E-state index is 0.0960. The molecule has 3 N–H and O–H groups in total. The smallest absolute Gasteiger partial charge is 0.262 e. The molecule has 1 unspecified atom stereocenters. The number of fused-ring (bicyclic) bond motifs is 1. The number of amides is 1. The molecule has 1 aromatic rings. The third-order valence-electron chi connectivity index (χ3n) is 2.56. The van der Waals surface area contributed by atoms with Crippen molar-refractivity contribution in [1.29, 1.82) is 0 Å². The quantitative estimate of drug-likeness (QED) is 0.761. The van der Waals surface area contributed by atoms with E-state index in [1.165, 1.54) is 0 Å². The van der Waals surface area contributed by atoms with E-state index in [2.05, 4.69) is 5.32 Å². The summed E-state index contributed by atoms with van der Waals surface area (Å²) in [7, 11) is 0. The van der Waals surface area contributed by atoms with Gasteiger partial charge in [0.05, 0.1) is 5.69 Å². The third-order valence-corrected chi connectivity index (χ3v) is 2.56. The van der Waals surface area contributed by atoms with Gasteiger partial charge in [0.15, 0.2) is 6.61 Å². The van der Waals surface area contributed by atoms with E-state index in [0.717, 1.165) is 17.0 Å². The zero-order chi connectivity index (χ0) is 10.8. The standard InChI is InChI=1S/C11H14N2O2/c1-7(5-12)8-2-3-10-9(4-8)13-11(14)6-15-10/h2-4,7H,5-6,12H2,1H3,(H,13,14). The summed E-state index contributed by atoms with van der Waals surface area (Å²) in [5, 5.41) is 2.77. The molecule has 15 heavy (non-hydrogen) atoms. The van der Waals surface area contributed by atoms with Gasteiger partial charge < -0.3 is 15.8 Å². The van der Waals surface area contributed by atoms with E-state index in [1.54, 1.807) is 0 Å². The number of nitrogens with one attached hydrogen (secondary N) is 1. The van der Waals surface area contributed by atoms with Crippen molar-refractivity contribution < 1.29 is 9.53 Å². The van der Waals surface area contributed by atoms with Gasteiger partial charge in [-0.15, -0.1) is 0 Å². The fraction of sp³-hybridized carbons (Fsp3) is 0.364. The van der Waals surface area contributed by atoms with Crippen LogP contribution in [0.3, 0.4) is 0 Å². The SMILES string of the molecule is CC(CN)c1ccc2c(c1)NC(=O)CO2. The molecule has 4 nitrogen and oxygen atoms in total. The Kier molecular flexibility index (Phi) is 2.60. The normalized spacial score (nSPS) is 16.3. The van der Waals surface area contributed by atoms with E-state index in [4.69, 9.17) is 10.5 Å². The molecule has 1 aliphatic heterocycles. The highest BCUT2D eigenvalue weighted by atomic mass is 16.5. The Labute approximate surface area is 88.4 Å². The number of carbonyl (C=O) groups excluding carboxylic acids is 1. The molecule has 0 saturated heterocycles. The summed E-state index contributed by atoms with van der Waals surface area (Å²) in [5.41, 5.74) is 7.44. The predicted molar refractivity (Wildman–Crippen MR) is 58.0 cm³/mol. The van der Waals surface area contributed by atoms with Gasteiger partial charge in [0, 0.05) is 0 Å². The lowest BCUT2D eigenvalue weighted by Crippen LogP contribution is -2.25. The van der Waals surface area contributed by atoms with Crippen LogP contribution in [-0.2, 0) is 4.79 Å². The number of anilines is 1. The molecule has 0 saturated carbocycles. The lowest BCUT2D eigenvalue weighted by molar-refractivity contribution is -0.118. The van der Waals surface area contributed by atoms with Gasteiger partial charge in [-0.05, 0) is 30.2 Å². The van der Waals surface area contributed by atoms with Crippen molar-refractivity contribution >= 4 is 11.6 Å². The molecular weight excluding hydrogens is 192 g/mol. The minimum atomic E-state index is -0.111. The van der Waals surface area contributed by atoms with Crippen molar-refractivity contribution in [3.8, 4) is 5.75 Å². The fourth-order valence-electron chi connectivity index (χ4n) is 1.54. The number of ether oxygens (including phenoxy) is 1. The van der Waals surface area contributed by atoms with E-state index >= 15 is 0 Å². The van der Waals surface area contributed by atoms with Crippen molar-refractivity contribution in [3.63, 3.8) is 0 Å². The summed E-state index contributed by atoms with van der Waals surface area (Å²) < 4.78 is 5.26. The maximum atomic E-state index is 11.1. The molecule has 0 spiro atoms. The molecule has 1 aromatic carbocycles.